The Kier molecular flexibility index (Phi) is 10.0. The molecule has 0 fully saturated rings. The Bertz CT molecular complexity index is 1150. The van der Waals surface area contributed by atoms with Crippen molar-refractivity contribution in [2.75, 3.05) is 24.2 Å². The van der Waals surface area contributed by atoms with Crippen molar-refractivity contribution in [2.45, 2.75) is 64.3 Å². The lowest BCUT2D eigenvalue weighted by atomic mass is 9.91. The lowest BCUT2D eigenvalue weighted by Crippen LogP contribution is -2.41. The number of benzene rings is 1. The van der Waals surface area contributed by atoms with E-state index in [1.54, 1.807) is 12.1 Å². The lowest BCUT2D eigenvalue weighted by molar-refractivity contribution is -0.144. The molecule has 3 rings (SSSR count). The molecule has 2 heterocycles. The molecule has 1 aliphatic rings. The van der Waals surface area contributed by atoms with Gasteiger partial charge in [-0.3, -0.25) is 19.4 Å². The van der Waals surface area contributed by atoms with Crippen LogP contribution < -0.4 is 21.9 Å². The zero-order valence-corrected chi connectivity index (χ0v) is 21.0. The number of anilines is 2. The Morgan fingerprint density at radius 3 is 2.73 bits per heavy atom. The van der Waals surface area contributed by atoms with Gasteiger partial charge in [0, 0.05) is 18.5 Å². The summed E-state index contributed by atoms with van der Waals surface area (Å²) >= 11 is 0. The van der Waals surface area contributed by atoms with Gasteiger partial charge in [0.15, 0.2) is 0 Å². The molecule has 1 aromatic carbocycles. The zero-order valence-electron chi connectivity index (χ0n) is 21.0. The van der Waals surface area contributed by atoms with E-state index in [2.05, 4.69) is 20.6 Å². The van der Waals surface area contributed by atoms with Crippen molar-refractivity contribution in [1.29, 1.82) is 0 Å². The molecule has 1 aliphatic heterocycles. The van der Waals surface area contributed by atoms with Crippen LogP contribution in [0.25, 0.3) is 0 Å². The number of aromatic nitrogens is 2. The number of H-pyrrole nitrogens is 1. The van der Waals surface area contributed by atoms with E-state index in [0.29, 0.717) is 36.5 Å². The van der Waals surface area contributed by atoms with Crippen LogP contribution in [-0.2, 0) is 27.2 Å². The number of ether oxygens (including phenoxy) is 1. The number of carboxylic acids is 1. The largest absolute Gasteiger partial charge is 0.480 e. The number of carbonyl (C=O) groups is 3. The standard InChI is InChI=1S/C26H35N5O6/c1-2-3-14-37-21(32)11-10-20(25(35)36)29-23(33)18-8-6-16(7-9-18)4-5-17-12-13-28-22-19(15-17)24(34)31-26(27)30-22/h6-9,17,20H,2-5,10-15H2,1H3,(H,29,33)(H,35,36)(H4,27,28,30,31,34)/t17?,20-/m0/s1. The number of fused-ring (bicyclic) bond motifs is 1. The van der Waals surface area contributed by atoms with E-state index in [9.17, 15) is 24.3 Å². The van der Waals surface area contributed by atoms with Crippen molar-refractivity contribution in [2.24, 2.45) is 5.92 Å². The van der Waals surface area contributed by atoms with E-state index in [1.165, 1.54) is 0 Å². The molecule has 0 radical (unpaired) electrons. The molecule has 6 N–H and O–H groups in total. The van der Waals surface area contributed by atoms with Crippen LogP contribution in [0.2, 0.25) is 0 Å². The summed E-state index contributed by atoms with van der Waals surface area (Å²) in [6.07, 6.45) is 4.62. The summed E-state index contributed by atoms with van der Waals surface area (Å²) in [5.41, 5.74) is 7.41. The van der Waals surface area contributed by atoms with Crippen molar-refractivity contribution in [3.8, 4) is 0 Å². The lowest BCUT2D eigenvalue weighted by Gasteiger charge is -2.15. The monoisotopic (exact) mass is 513 g/mol. The molecule has 1 amide bonds. The molecule has 0 saturated heterocycles. The van der Waals surface area contributed by atoms with Crippen LogP contribution in [0.1, 0.15) is 66.9 Å². The molecular weight excluding hydrogens is 478 g/mol. The number of rotatable bonds is 12. The van der Waals surface area contributed by atoms with E-state index < -0.39 is 23.9 Å². The minimum Gasteiger partial charge on any atom is -0.480 e. The number of esters is 1. The van der Waals surface area contributed by atoms with Gasteiger partial charge >= 0.3 is 11.9 Å². The Morgan fingerprint density at radius 1 is 1.27 bits per heavy atom. The minimum atomic E-state index is -1.21. The van der Waals surface area contributed by atoms with E-state index >= 15 is 0 Å². The molecule has 200 valence electrons. The molecule has 0 bridgehead atoms. The van der Waals surface area contributed by atoms with Crippen LogP contribution in [0.5, 0.6) is 0 Å². The smallest absolute Gasteiger partial charge is 0.326 e. The number of carbonyl (C=O) groups excluding carboxylic acids is 2. The van der Waals surface area contributed by atoms with Crippen LogP contribution in [0.3, 0.4) is 0 Å². The Labute approximate surface area is 215 Å². The maximum Gasteiger partial charge on any atom is 0.326 e. The molecule has 0 aliphatic carbocycles. The summed E-state index contributed by atoms with van der Waals surface area (Å²) in [7, 11) is 0. The first kappa shape index (κ1) is 27.7. The van der Waals surface area contributed by atoms with Crippen molar-refractivity contribution in [3.63, 3.8) is 0 Å². The van der Waals surface area contributed by atoms with Crippen molar-refractivity contribution < 1.29 is 24.2 Å². The van der Waals surface area contributed by atoms with Crippen LogP contribution in [0.4, 0.5) is 11.8 Å². The van der Waals surface area contributed by atoms with E-state index in [4.69, 9.17) is 10.5 Å². The number of nitrogens with zero attached hydrogens (tertiary/aromatic N) is 1. The van der Waals surface area contributed by atoms with E-state index in [0.717, 1.165) is 37.7 Å². The second-order valence-electron chi connectivity index (χ2n) is 9.28. The quantitative estimate of drug-likeness (QED) is 0.210. The highest BCUT2D eigenvalue weighted by molar-refractivity contribution is 5.96. The number of nitrogens with one attached hydrogen (secondary N) is 3. The van der Waals surface area contributed by atoms with Gasteiger partial charge in [0.1, 0.15) is 11.9 Å². The van der Waals surface area contributed by atoms with E-state index in [-0.39, 0.29) is 30.3 Å². The number of unbranched alkanes of at least 4 members (excludes halogenated alkanes) is 1. The number of amides is 1. The average Bonchev–Trinajstić information content (AvgIpc) is 3.07. The number of hydrogen-bond donors (Lipinski definition) is 5. The summed E-state index contributed by atoms with van der Waals surface area (Å²) in [6, 6.07) is 5.81. The van der Waals surface area contributed by atoms with Gasteiger partial charge in [-0.25, -0.2) is 4.79 Å². The molecule has 37 heavy (non-hydrogen) atoms. The molecule has 2 aromatic rings. The number of carboxylic acid groups (broad SMARTS) is 1. The Balaban J connectivity index is 1.51. The SMILES string of the molecule is CCCCOC(=O)CC[C@H](NC(=O)c1ccc(CCC2CCNc3nc(N)[nH]c(=O)c3C2)cc1)C(=O)O. The number of aryl methyl sites for hydroxylation is 1. The third-order valence-electron chi connectivity index (χ3n) is 6.43. The molecule has 1 aromatic heterocycles. The molecular formula is C26H35N5O6. The van der Waals surface area contributed by atoms with Gasteiger partial charge in [-0.1, -0.05) is 25.5 Å². The van der Waals surface area contributed by atoms with Gasteiger partial charge in [0.25, 0.3) is 11.5 Å². The topological polar surface area (TPSA) is 176 Å². The van der Waals surface area contributed by atoms with Crippen LogP contribution in [0, 0.1) is 5.92 Å². The van der Waals surface area contributed by atoms with E-state index in [1.807, 2.05) is 19.1 Å². The van der Waals surface area contributed by atoms with Gasteiger partial charge in [-0.2, -0.15) is 4.98 Å². The van der Waals surface area contributed by atoms with Crippen LogP contribution in [0.15, 0.2) is 29.1 Å². The highest BCUT2D eigenvalue weighted by Crippen LogP contribution is 2.24. The van der Waals surface area contributed by atoms with Gasteiger partial charge < -0.3 is 26.2 Å². The molecule has 11 heteroatoms. The number of aromatic amines is 1. The van der Waals surface area contributed by atoms with Crippen molar-refractivity contribution in [3.05, 3.63) is 51.3 Å². The maximum atomic E-state index is 12.6. The van der Waals surface area contributed by atoms with Crippen LogP contribution >= 0.6 is 0 Å². The fraction of sp³-hybridized carbons (Fsp3) is 0.500. The Morgan fingerprint density at radius 2 is 2.03 bits per heavy atom. The molecule has 1 unspecified atom stereocenters. The Hall–Kier alpha value is -3.89. The highest BCUT2D eigenvalue weighted by Gasteiger charge is 2.23. The van der Waals surface area contributed by atoms with Gasteiger partial charge in [-0.15, -0.1) is 0 Å². The summed E-state index contributed by atoms with van der Waals surface area (Å²) in [5, 5.41) is 15.1. The first-order chi connectivity index (χ1) is 17.8. The zero-order chi connectivity index (χ0) is 26.8. The third-order valence-corrected chi connectivity index (χ3v) is 6.43. The van der Waals surface area contributed by atoms with Crippen molar-refractivity contribution in [1.82, 2.24) is 15.3 Å². The van der Waals surface area contributed by atoms with Crippen molar-refractivity contribution >= 4 is 29.6 Å². The first-order valence-corrected chi connectivity index (χ1v) is 12.7. The normalized spacial score (nSPS) is 15.5. The first-order valence-electron chi connectivity index (χ1n) is 12.7. The highest BCUT2D eigenvalue weighted by atomic mass is 16.5. The predicted molar refractivity (Wildman–Crippen MR) is 138 cm³/mol. The predicted octanol–water partition coefficient (Wildman–Crippen LogP) is 2.27. The number of aliphatic carboxylic acids is 1. The fourth-order valence-electron chi connectivity index (χ4n) is 4.24. The minimum absolute atomic E-state index is 0.0472. The number of hydrogen-bond acceptors (Lipinski definition) is 8. The summed E-state index contributed by atoms with van der Waals surface area (Å²) < 4.78 is 5.04. The second-order valence-corrected chi connectivity index (χ2v) is 9.28. The average molecular weight is 514 g/mol. The summed E-state index contributed by atoms with van der Waals surface area (Å²) in [5.74, 6) is -1.27. The molecule has 2 atom stereocenters. The maximum absolute atomic E-state index is 12.6. The summed E-state index contributed by atoms with van der Waals surface area (Å²) in [4.78, 5) is 55.0. The van der Waals surface area contributed by atoms with Gasteiger partial charge in [0.2, 0.25) is 5.95 Å². The summed E-state index contributed by atoms with van der Waals surface area (Å²) in [6.45, 7) is 2.98. The second kappa shape index (κ2) is 13.4. The molecule has 0 saturated carbocycles. The molecule has 11 nitrogen and oxygen atoms in total. The third kappa shape index (κ3) is 8.33. The number of nitrogens with two attached hydrogens (primary N) is 1. The van der Waals surface area contributed by atoms with Crippen LogP contribution in [-0.4, -0.2) is 52.1 Å². The fourth-order valence-corrected chi connectivity index (χ4v) is 4.24. The molecule has 0 spiro atoms. The number of nitrogen functional groups attached to an aromatic ring is 1. The van der Waals surface area contributed by atoms with Gasteiger partial charge in [-0.05, 0) is 62.1 Å². The van der Waals surface area contributed by atoms with Gasteiger partial charge in [0.05, 0.1) is 12.2 Å².